The second kappa shape index (κ2) is 6.68. The first kappa shape index (κ1) is 15.8. The lowest BCUT2D eigenvalue weighted by atomic mass is 10.1. The molecule has 0 atom stereocenters. The van der Waals surface area contributed by atoms with Crippen molar-refractivity contribution in [1.82, 2.24) is 14.6 Å². The van der Waals surface area contributed by atoms with Crippen LogP contribution in [0.5, 0.6) is 5.75 Å². The zero-order chi connectivity index (χ0) is 17.9. The van der Waals surface area contributed by atoms with Gasteiger partial charge in [0.05, 0.1) is 12.7 Å². The number of ether oxygens (including phenoxy) is 1. The van der Waals surface area contributed by atoms with E-state index in [1.807, 2.05) is 59.1 Å². The van der Waals surface area contributed by atoms with Crippen molar-refractivity contribution in [2.24, 2.45) is 0 Å². The zero-order valence-corrected chi connectivity index (χ0v) is 14.1. The van der Waals surface area contributed by atoms with E-state index < -0.39 is 0 Å². The smallest absolute Gasteiger partial charge is 0.259 e. The second-order valence-electron chi connectivity index (χ2n) is 5.69. The molecule has 2 aromatic heterocycles. The van der Waals surface area contributed by atoms with Crippen molar-refractivity contribution in [2.45, 2.75) is 0 Å². The van der Waals surface area contributed by atoms with Gasteiger partial charge in [0.15, 0.2) is 11.5 Å². The van der Waals surface area contributed by atoms with Gasteiger partial charge in [-0.2, -0.15) is 0 Å². The maximum absolute atomic E-state index is 12.6. The van der Waals surface area contributed by atoms with Crippen molar-refractivity contribution in [3.05, 3.63) is 78.5 Å². The number of benzene rings is 2. The maximum atomic E-state index is 12.6. The predicted octanol–water partition coefficient (Wildman–Crippen LogP) is 3.66. The molecule has 6 heteroatoms. The van der Waals surface area contributed by atoms with Gasteiger partial charge in [-0.3, -0.25) is 9.20 Å². The minimum atomic E-state index is -0.231. The van der Waals surface area contributed by atoms with E-state index in [1.54, 1.807) is 25.3 Å². The largest absolute Gasteiger partial charge is 0.496 e. The molecule has 0 bridgehead atoms. The van der Waals surface area contributed by atoms with E-state index >= 15 is 0 Å². The minimum absolute atomic E-state index is 0.231. The molecule has 128 valence electrons. The van der Waals surface area contributed by atoms with E-state index in [0.29, 0.717) is 22.8 Å². The third-order valence-electron chi connectivity index (χ3n) is 4.04. The van der Waals surface area contributed by atoms with Gasteiger partial charge in [-0.15, -0.1) is 10.2 Å². The molecule has 1 N–H and O–H groups in total. The topological polar surface area (TPSA) is 68.5 Å². The molecular formula is C20H16N4O2. The normalized spacial score (nSPS) is 10.7. The highest BCUT2D eigenvalue weighted by Gasteiger charge is 2.13. The molecular weight excluding hydrogens is 328 g/mol. The van der Waals surface area contributed by atoms with Crippen molar-refractivity contribution in [3.8, 4) is 17.1 Å². The average Bonchev–Trinajstić information content (AvgIpc) is 3.12. The molecule has 2 aromatic carbocycles. The number of amides is 1. The van der Waals surface area contributed by atoms with Crippen LogP contribution in [0, 0.1) is 0 Å². The summed E-state index contributed by atoms with van der Waals surface area (Å²) in [5, 5.41) is 11.3. The van der Waals surface area contributed by atoms with Gasteiger partial charge in [-0.1, -0.05) is 30.3 Å². The Hall–Kier alpha value is -3.67. The van der Waals surface area contributed by atoms with Gasteiger partial charge in [-0.25, -0.2) is 0 Å². The lowest BCUT2D eigenvalue weighted by Gasteiger charge is -2.10. The number of nitrogens with zero attached hydrogens (tertiary/aromatic N) is 3. The first-order valence-corrected chi connectivity index (χ1v) is 8.11. The molecule has 4 rings (SSSR count). The Morgan fingerprint density at radius 1 is 1.00 bits per heavy atom. The summed E-state index contributed by atoms with van der Waals surface area (Å²) in [7, 11) is 1.54. The van der Waals surface area contributed by atoms with Crippen LogP contribution in [0.2, 0.25) is 0 Å². The van der Waals surface area contributed by atoms with Crippen molar-refractivity contribution in [1.29, 1.82) is 0 Å². The molecule has 0 aliphatic heterocycles. The van der Waals surface area contributed by atoms with E-state index in [1.165, 1.54) is 0 Å². The molecule has 0 aliphatic rings. The molecule has 26 heavy (non-hydrogen) atoms. The summed E-state index contributed by atoms with van der Waals surface area (Å²) in [4.78, 5) is 12.6. The third kappa shape index (κ3) is 2.88. The van der Waals surface area contributed by atoms with Gasteiger partial charge < -0.3 is 10.1 Å². The summed E-state index contributed by atoms with van der Waals surface area (Å²) in [6.45, 7) is 0. The molecule has 0 aliphatic carbocycles. The number of hydrogen-bond donors (Lipinski definition) is 1. The number of fused-ring (bicyclic) bond motifs is 1. The predicted molar refractivity (Wildman–Crippen MR) is 99.4 cm³/mol. The average molecular weight is 344 g/mol. The van der Waals surface area contributed by atoms with Gasteiger partial charge in [0, 0.05) is 17.4 Å². The van der Waals surface area contributed by atoms with Crippen LogP contribution in [-0.2, 0) is 0 Å². The van der Waals surface area contributed by atoms with Gasteiger partial charge in [-0.05, 0) is 36.4 Å². The number of carbonyl (C=O) groups is 1. The summed E-state index contributed by atoms with van der Waals surface area (Å²) >= 11 is 0. The monoisotopic (exact) mass is 344 g/mol. The van der Waals surface area contributed by atoms with E-state index in [2.05, 4.69) is 15.5 Å². The molecule has 2 heterocycles. The molecule has 1 amide bonds. The number of nitrogens with one attached hydrogen (secondary N) is 1. The number of hydrogen-bond acceptors (Lipinski definition) is 4. The first-order valence-electron chi connectivity index (χ1n) is 8.11. The second-order valence-corrected chi connectivity index (χ2v) is 5.69. The summed E-state index contributed by atoms with van der Waals surface area (Å²) in [5.74, 6) is 1.02. The molecule has 0 fully saturated rings. The molecule has 0 spiro atoms. The molecule has 0 unspecified atom stereocenters. The fourth-order valence-corrected chi connectivity index (χ4v) is 2.80. The van der Waals surface area contributed by atoms with E-state index in [4.69, 9.17) is 4.74 Å². The van der Waals surface area contributed by atoms with Gasteiger partial charge in [0.25, 0.3) is 5.91 Å². The van der Waals surface area contributed by atoms with Crippen LogP contribution in [0.15, 0.2) is 72.9 Å². The van der Waals surface area contributed by atoms with Crippen LogP contribution < -0.4 is 10.1 Å². The van der Waals surface area contributed by atoms with E-state index in [-0.39, 0.29) is 5.91 Å². The SMILES string of the molecule is COc1ccccc1C(=O)Nc1cccc(-c2nnc3ccccn23)c1. The fourth-order valence-electron chi connectivity index (χ4n) is 2.80. The Bertz CT molecular complexity index is 1090. The summed E-state index contributed by atoms with van der Waals surface area (Å²) in [5.41, 5.74) is 2.78. The van der Waals surface area contributed by atoms with E-state index in [9.17, 15) is 4.79 Å². The van der Waals surface area contributed by atoms with Gasteiger partial charge >= 0.3 is 0 Å². The van der Waals surface area contributed by atoms with Crippen LogP contribution in [0.3, 0.4) is 0 Å². The number of rotatable bonds is 4. The van der Waals surface area contributed by atoms with Crippen LogP contribution in [-0.4, -0.2) is 27.6 Å². The highest BCUT2D eigenvalue weighted by Crippen LogP contribution is 2.23. The van der Waals surface area contributed by atoms with Crippen LogP contribution in [0.25, 0.3) is 17.0 Å². The number of para-hydroxylation sites is 1. The molecule has 6 nitrogen and oxygen atoms in total. The lowest BCUT2D eigenvalue weighted by molar-refractivity contribution is 0.102. The summed E-state index contributed by atoms with van der Waals surface area (Å²) in [6, 6.07) is 20.4. The minimum Gasteiger partial charge on any atom is -0.496 e. The lowest BCUT2D eigenvalue weighted by Crippen LogP contribution is -2.13. The Kier molecular flexibility index (Phi) is 4.07. The number of carbonyl (C=O) groups excluding carboxylic acids is 1. The number of pyridine rings is 1. The Labute approximate surface area is 150 Å². The van der Waals surface area contributed by atoms with Gasteiger partial charge in [0.2, 0.25) is 0 Å². The van der Waals surface area contributed by atoms with E-state index in [0.717, 1.165) is 11.2 Å². The molecule has 0 radical (unpaired) electrons. The standard InChI is InChI=1S/C20H16N4O2/c1-26-17-10-3-2-9-16(17)20(25)21-15-8-6-7-14(13-15)19-23-22-18-11-4-5-12-24(18)19/h2-13H,1H3,(H,21,25). The van der Waals surface area contributed by atoms with Crippen LogP contribution in [0.1, 0.15) is 10.4 Å². The number of methoxy groups -OCH3 is 1. The third-order valence-corrected chi connectivity index (χ3v) is 4.04. The van der Waals surface area contributed by atoms with Gasteiger partial charge in [0.1, 0.15) is 5.75 Å². The number of aromatic nitrogens is 3. The Balaban J connectivity index is 1.65. The van der Waals surface area contributed by atoms with Crippen molar-refractivity contribution in [3.63, 3.8) is 0 Å². The van der Waals surface area contributed by atoms with Crippen molar-refractivity contribution in [2.75, 3.05) is 12.4 Å². The highest BCUT2D eigenvalue weighted by atomic mass is 16.5. The quantitative estimate of drug-likeness (QED) is 0.613. The van der Waals surface area contributed by atoms with Crippen molar-refractivity contribution < 1.29 is 9.53 Å². The summed E-state index contributed by atoms with van der Waals surface area (Å²) < 4.78 is 7.16. The van der Waals surface area contributed by atoms with Crippen LogP contribution in [0.4, 0.5) is 5.69 Å². The van der Waals surface area contributed by atoms with Crippen molar-refractivity contribution >= 4 is 17.2 Å². The Morgan fingerprint density at radius 3 is 2.73 bits per heavy atom. The number of anilines is 1. The highest BCUT2D eigenvalue weighted by molar-refractivity contribution is 6.06. The Morgan fingerprint density at radius 2 is 1.85 bits per heavy atom. The molecule has 0 saturated heterocycles. The fraction of sp³-hybridized carbons (Fsp3) is 0.0500. The molecule has 4 aromatic rings. The maximum Gasteiger partial charge on any atom is 0.259 e. The van der Waals surface area contributed by atoms with Crippen LogP contribution >= 0.6 is 0 Å². The zero-order valence-electron chi connectivity index (χ0n) is 14.1. The first-order chi connectivity index (χ1) is 12.8. The summed E-state index contributed by atoms with van der Waals surface area (Å²) in [6.07, 6.45) is 1.91. The molecule has 0 saturated carbocycles.